The molecule has 1 heterocycles. The van der Waals surface area contributed by atoms with Crippen LogP contribution in [0.5, 0.6) is 5.75 Å². The Bertz CT molecular complexity index is 1640. The molecule has 7 nitrogen and oxygen atoms in total. The average Bonchev–Trinajstić information content (AvgIpc) is 3.44. The van der Waals surface area contributed by atoms with E-state index in [4.69, 9.17) is 24.4 Å². The van der Waals surface area contributed by atoms with Crippen molar-refractivity contribution in [1.82, 2.24) is 15.6 Å². The molecule has 0 fully saturated rings. The Morgan fingerprint density at radius 1 is 0.762 bits per heavy atom. The lowest BCUT2D eigenvalue weighted by Crippen LogP contribution is -2.17. The molecular weight excluding hydrogens is 526 g/mol. The van der Waals surface area contributed by atoms with Crippen LogP contribution in [0.4, 0.5) is 0 Å². The second-order valence-corrected chi connectivity index (χ2v) is 10.6. The van der Waals surface area contributed by atoms with Gasteiger partial charge in [0.25, 0.3) is 0 Å². The molecule has 4 aromatic carbocycles. The van der Waals surface area contributed by atoms with Crippen LogP contribution < -0.4 is 15.4 Å². The van der Waals surface area contributed by atoms with E-state index in [9.17, 15) is 0 Å². The molecule has 1 aromatic heterocycles. The van der Waals surface area contributed by atoms with Crippen LogP contribution in [0.25, 0.3) is 33.7 Å². The molecule has 0 saturated heterocycles. The van der Waals surface area contributed by atoms with Crippen molar-refractivity contribution >= 4 is 11.1 Å². The van der Waals surface area contributed by atoms with Crippen molar-refractivity contribution in [2.75, 3.05) is 26.3 Å². The van der Waals surface area contributed by atoms with Crippen LogP contribution in [0.15, 0.2) is 77.2 Å². The number of aliphatic hydroxyl groups excluding tert-OH is 2. The third-order valence-electron chi connectivity index (χ3n) is 7.60. The molecule has 0 aliphatic carbocycles. The molecule has 0 radical (unpaired) electrons. The lowest BCUT2D eigenvalue weighted by atomic mass is 9.93. The number of aliphatic hydroxyl groups is 2. The topological polar surface area (TPSA) is 99.8 Å². The number of rotatable bonds is 13. The Hall–Kier alpha value is -4.01. The van der Waals surface area contributed by atoms with E-state index in [0.29, 0.717) is 32.1 Å². The summed E-state index contributed by atoms with van der Waals surface area (Å²) in [5.74, 6) is 1.47. The first-order valence-corrected chi connectivity index (χ1v) is 14.4. The van der Waals surface area contributed by atoms with Crippen LogP contribution in [0.2, 0.25) is 0 Å². The first kappa shape index (κ1) is 29.5. The van der Waals surface area contributed by atoms with Gasteiger partial charge >= 0.3 is 0 Å². The van der Waals surface area contributed by atoms with Gasteiger partial charge in [-0.15, -0.1) is 0 Å². The Morgan fingerprint density at radius 3 is 2.17 bits per heavy atom. The number of nitrogens with one attached hydrogen (secondary N) is 2. The highest BCUT2D eigenvalue weighted by atomic mass is 16.5. The number of aromatic nitrogens is 1. The highest BCUT2D eigenvalue weighted by Crippen LogP contribution is 2.35. The molecule has 0 atom stereocenters. The van der Waals surface area contributed by atoms with Crippen molar-refractivity contribution in [1.29, 1.82) is 0 Å². The van der Waals surface area contributed by atoms with Crippen molar-refractivity contribution in [2.24, 2.45) is 0 Å². The van der Waals surface area contributed by atoms with E-state index >= 15 is 0 Å². The summed E-state index contributed by atoms with van der Waals surface area (Å²) in [6, 6.07) is 24.8. The summed E-state index contributed by atoms with van der Waals surface area (Å²) in [6.45, 7) is 9.59. The summed E-state index contributed by atoms with van der Waals surface area (Å²) in [7, 11) is 0. The highest BCUT2D eigenvalue weighted by molar-refractivity contribution is 5.87. The Labute approximate surface area is 247 Å². The molecule has 4 N–H and O–H groups in total. The van der Waals surface area contributed by atoms with Crippen LogP contribution in [-0.2, 0) is 19.7 Å². The molecule has 218 valence electrons. The van der Waals surface area contributed by atoms with E-state index in [-0.39, 0.29) is 13.2 Å². The summed E-state index contributed by atoms with van der Waals surface area (Å²) in [5.41, 5.74) is 11.6. The Kier molecular flexibility index (Phi) is 9.66. The number of nitrogens with zero attached hydrogens (tertiary/aromatic N) is 1. The van der Waals surface area contributed by atoms with Crippen LogP contribution in [0.1, 0.15) is 33.4 Å². The van der Waals surface area contributed by atoms with Crippen molar-refractivity contribution in [2.45, 2.75) is 40.5 Å². The molecule has 0 aliphatic rings. The van der Waals surface area contributed by atoms with Crippen molar-refractivity contribution in [3.8, 4) is 28.3 Å². The number of benzene rings is 4. The maximum absolute atomic E-state index is 8.98. The maximum atomic E-state index is 8.98. The Balaban J connectivity index is 1.34. The minimum Gasteiger partial charge on any atom is -0.489 e. The van der Waals surface area contributed by atoms with E-state index in [0.717, 1.165) is 67.9 Å². The van der Waals surface area contributed by atoms with Crippen LogP contribution in [0, 0.1) is 20.8 Å². The predicted octanol–water partition coefficient (Wildman–Crippen LogP) is 5.83. The van der Waals surface area contributed by atoms with Gasteiger partial charge < -0.3 is 30.0 Å². The second kappa shape index (κ2) is 13.8. The summed E-state index contributed by atoms with van der Waals surface area (Å²) < 4.78 is 12.6. The number of fused-ring (bicyclic) bond motifs is 1. The molecule has 0 spiro atoms. The van der Waals surface area contributed by atoms with Gasteiger partial charge in [-0.05, 0) is 84.0 Å². The third kappa shape index (κ3) is 6.72. The molecule has 0 saturated carbocycles. The average molecular weight is 566 g/mol. The molecule has 5 aromatic rings. The van der Waals surface area contributed by atoms with Gasteiger partial charge in [0.1, 0.15) is 17.9 Å². The molecule has 0 unspecified atom stereocenters. The predicted molar refractivity (Wildman–Crippen MR) is 167 cm³/mol. The molecule has 42 heavy (non-hydrogen) atoms. The second-order valence-electron chi connectivity index (χ2n) is 10.6. The zero-order chi connectivity index (χ0) is 29.5. The van der Waals surface area contributed by atoms with Crippen LogP contribution in [-0.4, -0.2) is 41.5 Å². The zero-order valence-corrected chi connectivity index (χ0v) is 24.5. The first-order valence-electron chi connectivity index (χ1n) is 14.4. The quantitative estimate of drug-likeness (QED) is 0.133. The lowest BCUT2D eigenvalue weighted by molar-refractivity contribution is 0.291. The van der Waals surface area contributed by atoms with E-state index in [2.05, 4.69) is 79.9 Å². The van der Waals surface area contributed by atoms with Gasteiger partial charge in [-0.25, -0.2) is 4.98 Å². The number of hydrogen-bond donors (Lipinski definition) is 4. The zero-order valence-electron chi connectivity index (χ0n) is 24.5. The molecular formula is C35H39N3O4. The molecule has 7 heteroatoms. The van der Waals surface area contributed by atoms with Gasteiger partial charge in [-0.2, -0.15) is 0 Å². The fourth-order valence-corrected chi connectivity index (χ4v) is 5.20. The Morgan fingerprint density at radius 2 is 1.45 bits per heavy atom. The van der Waals surface area contributed by atoms with E-state index < -0.39 is 0 Å². The van der Waals surface area contributed by atoms with E-state index in [1.165, 1.54) is 5.56 Å². The first-order chi connectivity index (χ1) is 20.5. The lowest BCUT2D eigenvalue weighted by Gasteiger charge is -2.16. The summed E-state index contributed by atoms with van der Waals surface area (Å²) >= 11 is 0. The van der Waals surface area contributed by atoms with Crippen molar-refractivity contribution in [3.63, 3.8) is 0 Å². The highest BCUT2D eigenvalue weighted by Gasteiger charge is 2.16. The van der Waals surface area contributed by atoms with Crippen molar-refractivity contribution < 1.29 is 19.4 Å². The van der Waals surface area contributed by atoms with E-state index in [1.807, 2.05) is 24.3 Å². The number of ether oxygens (including phenoxy) is 1. The summed E-state index contributed by atoms with van der Waals surface area (Å²) in [4.78, 5) is 4.77. The third-order valence-corrected chi connectivity index (χ3v) is 7.60. The maximum Gasteiger partial charge on any atom is 0.227 e. The number of aryl methyl sites for hydroxylation is 2. The summed E-state index contributed by atoms with van der Waals surface area (Å²) in [6.07, 6.45) is 0. The van der Waals surface area contributed by atoms with Gasteiger partial charge in [0, 0.05) is 37.3 Å². The monoisotopic (exact) mass is 565 g/mol. The number of hydrogen-bond acceptors (Lipinski definition) is 7. The SMILES string of the molecule is Cc1cc(CNCCO)ccc1OCc1cccc(-c2ccc3nc(-c4ccc(CNCCO)cc4)oc3c2C)c1C. The molecule has 5 rings (SSSR count). The fraction of sp³-hybridized carbons (Fsp3) is 0.286. The van der Waals surface area contributed by atoms with Gasteiger partial charge in [0.15, 0.2) is 5.58 Å². The van der Waals surface area contributed by atoms with Crippen LogP contribution >= 0.6 is 0 Å². The van der Waals surface area contributed by atoms with E-state index in [1.54, 1.807) is 0 Å². The van der Waals surface area contributed by atoms with Gasteiger partial charge in [0.05, 0.1) is 13.2 Å². The minimum atomic E-state index is 0.125. The molecule has 0 aliphatic heterocycles. The largest absolute Gasteiger partial charge is 0.489 e. The normalized spacial score (nSPS) is 11.4. The standard InChI is InChI=1S/C35H39N3O4/c1-23-19-27(21-37-16-18-40)9-14-33(23)41-22-29-5-4-6-30(24(29)2)31-12-13-32-34(25(31)3)42-35(38-32)28-10-7-26(8-11-28)20-36-15-17-39/h4-14,19,36-37,39-40H,15-18,20-22H2,1-3H3. The summed E-state index contributed by atoms with van der Waals surface area (Å²) in [5, 5.41) is 24.3. The van der Waals surface area contributed by atoms with Gasteiger partial charge in [0.2, 0.25) is 5.89 Å². The number of oxazole rings is 1. The van der Waals surface area contributed by atoms with Crippen LogP contribution in [0.3, 0.4) is 0 Å². The molecule has 0 amide bonds. The minimum absolute atomic E-state index is 0.125. The van der Waals surface area contributed by atoms with Gasteiger partial charge in [-0.3, -0.25) is 0 Å². The fourth-order valence-electron chi connectivity index (χ4n) is 5.20. The molecule has 0 bridgehead atoms. The van der Waals surface area contributed by atoms with Crippen molar-refractivity contribution in [3.05, 3.63) is 106 Å². The smallest absolute Gasteiger partial charge is 0.227 e. The van der Waals surface area contributed by atoms with Gasteiger partial charge in [-0.1, -0.05) is 48.5 Å².